The molecular formula is C10H9BrClNO3. The van der Waals surface area contributed by atoms with Crippen molar-refractivity contribution in [3.05, 3.63) is 39.4 Å². The normalized spacial score (nSPS) is 10.1. The fourth-order valence-corrected chi connectivity index (χ4v) is 1.79. The number of rotatable bonds is 5. The number of nitro benzene ring substituents is 1. The summed E-state index contributed by atoms with van der Waals surface area (Å²) in [7, 11) is 0. The van der Waals surface area contributed by atoms with Gasteiger partial charge < -0.3 is 0 Å². The van der Waals surface area contributed by atoms with Crippen LogP contribution >= 0.6 is 27.5 Å². The van der Waals surface area contributed by atoms with Gasteiger partial charge in [0.15, 0.2) is 5.78 Å². The van der Waals surface area contributed by atoms with Gasteiger partial charge in [-0.15, -0.1) is 11.6 Å². The Labute approximate surface area is 106 Å². The molecule has 0 N–H and O–H groups in total. The van der Waals surface area contributed by atoms with E-state index in [0.717, 1.165) is 5.56 Å². The van der Waals surface area contributed by atoms with Crippen LogP contribution in [0.2, 0.25) is 0 Å². The van der Waals surface area contributed by atoms with Crippen LogP contribution in [0, 0.1) is 10.1 Å². The number of benzene rings is 1. The van der Waals surface area contributed by atoms with E-state index in [2.05, 4.69) is 15.9 Å². The lowest BCUT2D eigenvalue weighted by Crippen LogP contribution is -2.05. The van der Waals surface area contributed by atoms with Crippen LogP contribution < -0.4 is 0 Å². The van der Waals surface area contributed by atoms with Crippen molar-refractivity contribution in [1.82, 2.24) is 0 Å². The molecule has 0 saturated heterocycles. The minimum Gasteiger partial charge on any atom is -0.294 e. The summed E-state index contributed by atoms with van der Waals surface area (Å²) in [5.74, 6) is -0.140. The summed E-state index contributed by atoms with van der Waals surface area (Å²) in [4.78, 5) is 21.8. The Morgan fingerprint density at radius 1 is 1.50 bits per heavy atom. The van der Waals surface area contributed by atoms with Gasteiger partial charge in [0.1, 0.15) is 0 Å². The molecule has 0 aliphatic carbocycles. The Hall–Kier alpha value is -0.940. The van der Waals surface area contributed by atoms with Gasteiger partial charge in [-0.1, -0.05) is 22.0 Å². The smallest absolute Gasteiger partial charge is 0.280 e. The molecule has 1 rings (SSSR count). The van der Waals surface area contributed by atoms with Gasteiger partial charge >= 0.3 is 0 Å². The standard InChI is InChI=1S/C10H9BrClNO3/c11-6-7-1-2-9(13(15)16)8(5-7)10(14)3-4-12/h1-2,5H,3-4,6H2. The molecule has 4 nitrogen and oxygen atoms in total. The summed E-state index contributed by atoms with van der Waals surface area (Å²) in [6.07, 6.45) is 0.105. The van der Waals surface area contributed by atoms with Crippen LogP contribution in [0.1, 0.15) is 22.3 Å². The lowest BCUT2D eigenvalue weighted by atomic mass is 10.0. The lowest BCUT2D eigenvalue weighted by molar-refractivity contribution is -0.385. The third kappa shape index (κ3) is 3.02. The third-order valence-electron chi connectivity index (χ3n) is 2.03. The van der Waals surface area contributed by atoms with Gasteiger partial charge in [0, 0.05) is 23.7 Å². The van der Waals surface area contributed by atoms with Crippen LogP contribution in [0.4, 0.5) is 5.69 Å². The minimum atomic E-state index is -0.556. The van der Waals surface area contributed by atoms with Gasteiger partial charge in [-0.3, -0.25) is 14.9 Å². The zero-order valence-electron chi connectivity index (χ0n) is 8.28. The van der Waals surface area contributed by atoms with E-state index in [0.29, 0.717) is 5.33 Å². The quantitative estimate of drug-likeness (QED) is 0.363. The Morgan fingerprint density at radius 2 is 2.19 bits per heavy atom. The molecule has 1 aromatic carbocycles. The first-order chi connectivity index (χ1) is 7.60. The Balaban J connectivity index is 3.20. The van der Waals surface area contributed by atoms with Crippen molar-refractivity contribution < 1.29 is 9.72 Å². The monoisotopic (exact) mass is 305 g/mol. The summed E-state index contributed by atoms with van der Waals surface area (Å²) < 4.78 is 0. The second kappa shape index (κ2) is 5.96. The number of alkyl halides is 2. The third-order valence-corrected chi connectivity index (χ3v) is 2.87. The highest BCUT2D eigenvalue weighted by Crippen LogP contribution is 2.22. The van der Waals surface area contributed by atoms with Crippen LogP contribution in [0.3, 0.4) is 0 Å². The van der Waals surface area contributed by atoms with E-state index in [4.69, 9.17) is 11.6 Å². The number of carbonyl (C=O) groups is 1. The second-order valence-electron chi connectivity index (χ2n) is 3.10. The number of hydrogen-bond acceptors (Lipinski definition) is 3. The van der Waals surface area contributed by atoms with Gasteiger partial charge in [-0.25, -0.2) is 0 Å². The molecule has 0 heterocycles. The number of ketones is 1. The highest BCUT2D eigenvalue weighted by Gasteiger charge is 2.19. The summed E-state index contributed by atoms with van der Waals surface area (Å²) >= 11 is 8.69. The van der Waals surface area contributed by atoms with E-state index >= 15 is 0 Å². The van der Waals surface area contributed by atoms with Crippen molar-refractivity contribution in [2.45, 2.75) is 11.8 Å². The molecule has 0 unspecified atom stereocenters. The Morgan fingerprint density at radius 3 is 2.69 bits per heavy atom. The molecule has 0 atom stereocenters. The highest BCUT2D eigenvalue weighted by molar-refractivity contribution is 9.08. The SMILES string of the molecule is O=C(CCCl)c1cc(CBr)ccc1[N+](=O)[O-]. The van der Waals surface area contributed by atoms with Crippen LogP contribution in [-0.2, 0) is 5.33 Å². The Bertz CT molecular complexity index is 423. The number of Topliss-reactive ketones (excluding diaryl/α,β-unsaturated/α-hetero) is 1. The van der Waals surface area contributed by atoms with Gasteiger partial charge in [0.25, 0.3) is 5.69 Å². The maximum atomic E-state index is 11.6. The van der Waals surface area contributed by atoms with Crippen molar-refractivity contribution in [3.63, 3.8) is 0 Å². The second-order valence-corrected chi connectivity index (χ2v) is 4.04. The first-order valence-electron chi connectivity index (χ1n) is 4.52. The molecule has 0 amide bonds. The van der Waals surface area contributed by atoms with Gasteiger partial charge in [0.2, 0.25) is 0 Å². The van der Waals surface area contributed by atoms with Crippen molar-refractivity contribution >= 4 is 39.0 Å². The molecule has 0 fully saturated rings. The van der Waals surface area contributed by atoms with Gasteiger partial charge in [0.05, 0.1) is 10.5 Å². The molecule has 0 aromatic heterocycles. The molecule has 1 aromatic rings. The minimum absolute atomic E-state index is 0.105. The number of hydrogen-bond donors (Lipinski definition) is 0. The zero-order chi connectivity index (χ0) is 12.1. The number of carbonyl (C=O) groups excluding carboxylic acids is 1. The van der Waals surface area contributed by atoms with Crippen molar-refractivity contribution in [2.24, 2.45) is 0 Å². The molecule has 0 radical (unpaired) electrons. The summed E-state index contributed by atoms with van der Waals surface area (Å²) in [6.45, 7) is 0. The largest absolute Gasteiger partial charge is 0.294 e. The number of nitro groups is 1. The molecule has 16 heavy (non-hydrogen) atoms. The summed E-state index contributed by atoms with van der Waals surface area (Å²) in [5.41, 5.74) is 0.783. The molecule has 0 aliphatic rings. The van der Waals surface area contributed by atoms with E-state index in [-0.39, 0.29) is 29.3 Å². The van der Waals surface area contributed by atoms with E-state index in [1.54, 1.807) is 6.07 Å². The van der Waals surface area contributed by atoms with Gasteiger partial charge in [-0.2, -0.15) is 0 Å². The molecule has 0 bridgehead atoms. The van der Waals surface area contributed by atoms with E-state index in [1.807, 2.05) is 0 Å². The predicted molar refractivity (Wildman–Crippen MR) is 65.4 cm³/mol. The van der Waals surface area contributed by atoms with Crippen molar-refractivity contribution in [3.8, 4) is 0 Å². The molecule has 0 spiro atoms. The molecular weight excluding hydrogens is 297 g/mol. The molecule has 0 aliphatic heterocycles. The average Bonchev–Trinajstić information content (AvgIpc) is 2.28. The van der Waals surface area contributed by atoms with Gasteiger partial charge in [-0.05, 0) is 11.6 Å². The molecule has 0 saturated carbocycles. The first-order valence-corrected chi connectivity index (χ1v) is 6.18. The van der Waals surface area contributed by atoms with E-state index in [9.17, 15) is 14.9 Å². The summed E-state index contributed by atoms with van der Waals surface area (Å²) in [5, 5.41) is 11.3. The van der Waals surface area contributed by atoms with Crippen LogP contribution in [0.25, 0.3) is 0 Å². The maximum absolute atomic E-state index is 11.6. The van der Waals surface area contributed by atoms with Crippen LogP contribution in [-0.4, -0.2) is 16.6 Å². The highest BCUT2D eigenvalue weighted by atomic mass is 79.9. The van der Waals surface area contributed by atoms with Crippen LogP contribution in [0.5, 0.6) is 0 Å². The molecule has 86 valence electrons. The number of nitrogens with zero attached hydrogens (tertiary/aromatic N) is 1. The van der Waals surface area contributed by atoms with E-state index in [1.165, 1.54) is 12.1 Å². The van der Waals surface area contributed by atoms with E-state index < -0.39 is 4.92 Å². The maximum Gasteiger partial charge on any atom is 0.280 e. The van der Waals surface area contributed by atoms with Crippen molar-refractivity contribution in [1.29, 1.82) is 0 Å². The molecule has 6 heteroatoms. The zero-order valence-corrected chi connectivity index (χ0v) is 10.6. The fourth-order valence-electron chi connectivity index (χ4n) is 1.27. The topological polar surface area (TPSA) is 60.2 Å². The predicted octanol–water partition coefficient (Wildman–Crippen LogP) is 3.30. The van der Waals surface area contributed by atoms with Crippen LogP contribution in [0.15, 0.2) is 18.2 Å². The fraction of sp³-hybridized carbons (Fsp3) is 0.300. The average molecular weight is 307 g/mol. The summed E-state index contributed by atoms with van der Waals surface area (Å²) in [6, 6.07) is 4.49. The first kappa shape index (κ1) is 13.1. The number of halogens is 2. The van der Waals surface area contributed by atoms with Crippen molar-refractivity contribution in [2.75, 3.05) is 5.88 Å². The Kier molecular flexibility index (Phi) is 4.89. The lowest BCUT2D eigenvalue weighted by Gasteiger charge is -2.03.